The van der Waals surface area contributed by atoms with Crippen LogP contribution in [-0.4, -0.2) is 34.4 Å². The Morgan fingerprint density at radius 3 is 2.44 bits per heavy atom. The van der Waals surface area contributed by atoms with Crippen LogP contribution < -0.4 is 5.32 Å². The Morgan fingerprint density at radius 1 is 1.31 bits per heavy atom. The van der Waals surface area contributed by atoms with Gasteiger partial charge in [0.05, 0.1) is 0 Å². The summed E-state index contributed by atoms with van der Waals surface area (Å²) in [4.78, 5) is 11.0. The number of aliphatic hydroxyl groups is 1. The van der Waals surface area contributed by atoms with Gasteiger partial charge in [-0.25, -0.2) is 0 Å². The second-order valence-corrected chi connectivity index (χ2v) is 3.39. The number of hydrogen-bond donors (Lipinski definition) is 4. The Kier molecular flexibility index (Phi) is 4.75. The average molecular weight is 225 g/mol. The van der Waals surface area contributed by atoms with Crippen molar-refractivity contribution >= 4 is 5.97 Å². The van der Waals surface area contributed by atoms with Crippen LogP contribution in [0.5, 0.6) is 5.75 Å². The first-order valence-corrected chi connectivity index (χ1v) is 5.01. The van der Waals surface area contributed by atoms with Crippen LogP contribution in [0, 0.1) is 0 Å². The van der Waals surface area contributed by atoms with Crippen molar-refractivity contribution in [3.63, 3.8) is 0 Å². The zero-order valence-electron chi connectivity index (χ0n) is 8.76. The molecular formula is C11H15NO4. The third-order valence-electron chi connectivity index (χ3n) is 2.16. The van der Waals surface area contributed by atoms with Crippen molar-refractivity contribution in [2.75, 3.05) is 13.2 Å². The first-order valence-electron chi connectivity index (χ1n) is 5.01. The normalized spacial score (nSPS) is 12.3. The van der Waals surface area contributed by atoms with E-state index in [1.165, 1.54) is 12.1 Å². The van der Waals surface area contributed by atoms with E-state index in [4.69, 9.17) is 15.3 Å². The molecule has 5 nitrogen and oxygen atoms in total. The van der Waals surface area contributed by atoms with E-state index in [-0.39, 0.29) is 12.4 Å². The standard InChI is InChI=1S/C11H15NO4/c13-7-1-6-12-10(11(15)16)8-2-4-9(14)5-3-8/h2-5,10,12-14H,1,6-7H2,(H,15,16). The lowest BCUT2D eigenvalue weighted by Crippen LogP contribution is -2.29. The lowest BCUT2D eigenvalue weighted by molar-refractivity contribution is -0.139. The Morgan fingerprint density at radius 2 is 1.94 bits per heavy atom. The largest absolute Gasteiger partial charge is 0.508 e. The van der Waals surface area contributed by atoms with Gasteiger partial charge >= 0.3 is 5.97 Å². The van der Waals surface area contributed by atoms with Crippen LogP contribution in [0.4, 0.5) is 0 Å². The second kappa shape index (κ2) is 6.09. The maximum absolute atomic E-state index is 11.0. The number of aliphatic carboxylic acids is 1. The van der Waals surface area contributed by atoms with E-state index in [2.05, 4.69) is 5.32 Å². The van der Waals surface area contributed by atoms with Gasteiger partial charge in [0.2, 0.25) is 0 Å². The summed E-state index contributed by atoms with van der Waals surface area (Å²) in [6.45, 7) is 0.448. The molecule has 0 aromatic heterocycles. The Labute approximate surface area is 93.4 Å². The molecule has 88 valence electrons. The molecule has 1 aromatic rings. The Balaban J connectivity index is 2.69. The predicted octanol–water partition coefficient (Wildman–Crippen LogP) is 0.490. The van der Waals surface area contributed by atoms with Crippen molar-refractivity contribution < 1.29 is 20.1 Å². The number of rotatable bonds is 6. The van der Waals surface area contributed by atoms with E-state index in [1.54, 1.807) is 12.1 Å². The van der Waals surface area contributed by atoms with Gasteiger partial charge in [-0.2, -0.15) is 0 Å². The van der Waals surface area contributed by atoms with Gasteiger partial charge in [0.25, 0.3) is 0 Å². The lowest BCUT2D eigenvalue weighted by Gasteiger charge is -2.14. The maximum atomic E-state index is 11.0. The molecule has 4 N–H and O–H groups in total. The maximum Gasteiger partial charge on any atom is 0.325 e. The zero-order chi connectivity index (χ0) is 12.0. The highest BCUT2D eigenvalue weighted by molar-refractivity contribution is 5.75. The highest BCUT2D eigenvalue weighted by Crippen LogP contribution is 2.17. The molecule has 0 aliphatic rings. The van der Waals surface area contributed by atoms with Crippen LogP contribution in [0.25, 0.3) is 0 Å². The predicted molar refractivity (Wildman–Crippen MR) is 58.2 cm³/mol. The van der Waals surface area contributed by atoms with E-state index in [1.807, 2.05) is 0 Å². The minimum absolute atomic E-state index is 0.0227. The second-order valence-electron chi connectivity index (χ2n) is 3.39. The average Bonchev–Trinajstić information content (AvgIpc) is 2.26. The molecule has 16 heavy (non-hydrogen) atoms. The number of carboxylic acid groups (broad SMARTS) is 1. The number of aliphatic hydroxyl groups excluding tert-OH is 1. The minimum atomic E-state index is -0.983. The topological polar surface area (TPSA) is 89.8 Å². The molecule has 0 aliphatic heterocycles. The molecule has 0 fully saturated rings. The van der Waals surface area contributed by atoms with Crippen LogP contribution in [0.15, 0.2) is 24.3 Å². The minimum Gasteiger partial charge on any atom is -0.508 e. The van der Waals surface area contributed by atoms with Crippen molar-refractivity contribution in [3.8, 4) is 5.75 Å². The van der Waals surface area contributed by atoms with Gasteiger partial charge in [0, 0.05) is 6.61 Å². The van der Waals surface area contributed by atoms with Crippen LogP contribution >= 0.6 is 0 Å². The molecule has 0 heterocycles. The molecule has 0 radical (unpaired) electrons. The van der Waals surface area contributed by atoms with E-state index < -0.39 is 12.0 Å². The quantitative estimate of drug-likeness (QED) is 0.529. The highest BCUT2D eigenvalue weighted by atomic mass is 16.4. The third-order valence-corrected chi connectivity index (χ3v) is 2.16. The number of benzene rings is 1. The summed E-state index contributed by atoms with van der Waals surface area (Å²) in [7, 11) is 0. The molecular weight excluding hydrogens is 210 g/mol. The molecule has 1 unspecified atom stereocenters. The molecule has 1 rings (SSSR count). The van der Waals surface area contributed by atoms with E-state index in [0.717, 1.165) is 0 Å². The molecule has 0 saturated carbocycles. The van der Waals surface area contributed by atoms with E-state index >= 15 is 0 Å². The first kappa shape index (κ1) is 12.5. The summed E-state index contributed by atoms with van der Waals surface area (Å²) < 4.78 is 0. The SMILES string of the molecule is O=C(O)C(NCCCO)c1ccc(O)cc1. The number of phenols is 1. The van der Waals surface area contributed by atoms with Crippen molar-refractivity contribution in [3.05, 3.63) is 29.8 Å². The van der Waals surface area contributed by atoms with Crippen LogP contribution in [0.2, 0.25) is 0 Å². The molecule has 0 spiro atoms. The highest BCUT2D eigenvalue weighted by Gasteiger charge is 2.18. The molecule has 0 amide bonds. The van der Waals surface area contributed by atoms with Gasteiger partial charge in [-0.05, 0) is 30.7 Å². The Bertz CT molecular complexity index is 336. The summed E-state index contributed by atoms with van der Waals surface area (Å²) in [5, 5.41) is 29.5. The van der Waals surface area contributed by atoms with Gasteiger partial charge < -0.3 is 20.6 Å². The van der Waals surface area contributed by atoms with Crippen molar-refractivity contribution in [2.24, 2.45) is 0 Å². The number of aromatic hydroxyl groups is 1. The number of nitrogens with one attached hydrogen (secondary N) is 1. The summed E-state index contributed by atoms with van der Waals surface area (Å²) in [5.74, 6) is -0.883. The summed E-state index contributed by atoms with van der Waals surface area (Å²) in [6, 6.07) is 5.19. The molecule has 0 saturated heterocycles. The summed E-state index contributed by atoms with van der Waals surface area (Å²) >= 11 is 0. The zero-order valence-corrected chi connectivity index (χ0v) is 8.76. The molecule has 0 bridgehead atoms. The summed E-state index contributed by atoms with van der Waals surface area (Å²) in [5.41, 5.74) is 0.572. The van der Waals surface area contributed by atoms with Crippen LogP contribution in [-0.2, 0) is 4.79 Å². The lowest BCUT2D eigenvalue weighted by atomic mass is 10.1. The van der Waals surface area contributed by atoms with Crippen LogP contribution in [0.3, 0.4) is 0 Å². The molecule has 0 aliphatic carbocycles. The number of hydrogen-bond acceptors (Lipinski definition) is 4. The van der Waals surface area contributed by atoms with Gasteiger partial charge in [-0.3, -0.25) is 4.79 Å². The monoisotopic (exact) mass is 225 g/mol. The number of carbonyl (C=O) groups is 1. The van der Waals surface area contributed by atoms with E-state index in [9.17, 15) is 4.79 Å². The van der Waals surface area contributed by atoms with Gasteiger partial charge in [-0.1, -0.05) is 12.1 Å². The van der Waals surface area contributed by atoms with Crippen molar-refractivity contribution in [2.45, 2.75) is 12.5 Å². The fraction of sp³-hybridized carbons (Fsp3) is 0.364. The van der Waals surface area contributed by atoms with Gasteiger partial charge in [-0.15, -0.1) is 0 Å². The third kappa shape index (κ3) is 3.52. The smallest absolute Gasteiger partial charge is 0.325 e. The molecule has 1 atom stereocenters. The fourth-order valence-corrected chi connectivity index (χ4v) is 1.34. The fourth-order valence-electron chi connectivity index (χ4n) is 1.34. The molecule has 5 heteroatoms. The molecule has 1 aromatic carbocycles. The number of phenolic OH excluding ortho intramolecular Hbond substituents is 1. The van der Waals surface area contributed by atoms with Gasteiger partial charge in [0.1, 0.15) is 11.8 Å². The van der Waals surface area contributed by atoms with Crippen molar-refractivity contribution in [1.82, 2.24) is 5.32 Å². The Hall–Kier alpha value is -1.59. The first-order chi connectivity index (χ1) is 7.65. The summed E-state index contributed by atoms with van der Waals surface area (Å²) in [6.07, 6.45) is 0.502. The van der Waals surface area contributed by atoms with Crippen molar-refractivity contribution in [1.29, 1.82) is 0 Å². The number of carboxylic acids is 1. The van der Waals surface area contributed by atoms with Gasteiger partial charge in [0.15, 0.2) is 0 Å². The van der Waals surface area contributed by atoms with Crippen LogP contribution in [0.1, 0.15) is 18.0 Å². The van der Waals surface area contributed by atoms with E-state index in [0.29, 0.717) is 18.5 Å².